The predicted molar refractivity (Wildman–Crippen MR) is 178 cm³/mol. The number of phenols is 1. The molecule has 0 unspecified atom stereocenters. The van der Waals surface area contributed by atoms with E-state index < -0.39 is 17.3 Å². The monoisotopic (exact) mass is 650 g/mol. The van der Waals surface area contributed by atoms with Crippen LogP contribution in [0.4, 0.5) is 18.9 Å². The maximum absolute atomic E-state index is 13.0. The molecule has 0 spiro atoms. The lowest BCUT2D eigenvalue weighted by Crippen LogP contribution is -2.60. The summed E-state index contributed by atoms with van der Waals surface area (Å²) in [5.74, 6) is 1.65. The van der Waals surface area contributed by atoms with E-state index in [4.69, 9.17) is 17.5 Å². The van der Waals surface area contributed by atoms with Crippen LogP contribution in [0.5, 0.6) is 5.75 Å². The van der Waals surface area contributed by atoms with E-state index in [9.17, 15) is 23.1 Å². The van der Waals surface area contributed by atoms with E-state index in [1.165, 1.54) is 18.2 Å². The van der Waals surface area contributed by atoms with Crippen LogP contribution in [0, 0.1) is 25.2 Å². The summed E-state index contributed by atoms with van der Waals surface area (Å²) in [6.07, 6.45) is 0.314. The molecule has 0 radical (unpaired) electrons. The van der Waals surface area contributed by atoms with Crippen molar-refractivity contribution in [2.75, 3.05) is 10.3 Å². The Hall–Kier alpha value is -4.50. The third kappa shape index (κ3) is 6.56. The summed E-state index contributed by atoms with van der Waals surface area (Å²) in [6, 6.07) is 10.4. The molecule has 0 amide bonds. The van der Waals surface area contributed by atoms with Gasteiger partial charge in [-0.3, -0.25) is 10.2 Å². The summed E-state index contributed by atoms with van der Waals surface area (Å²) in [6.45, 7) is 13.5. The zero-order chi connectivity index (χ0) is 34.0. The highest BCUT2D eigenvalue weighted by Crippen LogP contribution is 2.43. The lowest BCUT2D eigenvalue weighted by atomic mass is 9.71. The average molecular weight is 651 g/mol. The number of fused-ring (bicyclic) bond motifs is 1. The highest BCUT2D eigenvalue weighted by atomic mass is 32.1. The van der Waals surface area contributed by atoms with Crippen molar-refractivity contribution in [1.29, 1.82) is 5.26 Å². The van der Waals surface area contributed by atoms with Gasteiger partial charge in [0.05, 0.1) is 39.1 Å². The summed E-state index contributed by atoms with van der Waals surface area (Å²) in [7, 11) is 0. The van der Waals surface area contributed by atoms with Crippen LogP contribution in [0.3, 0.4) is 0 Å². The minimum atomic E-state index is -4.45. The van der Waals surface area contributed by atoms with Gasteiger partial charge in [-0.15, -0.1) is 0 Å². The Labute approximate surface area is 272 Å². The highest BCUT2D eigenvalue weighted by molar-refractivity contribution is 7.80. The molecule has 1 aliphatic heterocycles. The highest BCUT2D eigenvalue weighted by Gasteiger charge is 2.49. The number of alkyl halides is 3. The Morgan fingerprint density at radius 3 is 2.46 bits per heavy atom. The van der Waals surface area contributed by atoms with Crippen LogP contribution >= 0.6 is 12.2 Å². The quantitative estimate of drug-likeness (QED) is 0.252. The lowest BCUT2D eigenvalue weighted by Gasteiger charge is -2.49. The molecule has 1 aliphatic carbocycles. The fraction of sp³-hybridized carbons (Fsp3) is 0.382. The fourth-order valence-electron chi connectivity index (χ4n) is 5.92. The number of Topliss-reactive ketones (excluding diaryl/α,β-unsaturated/α-hetero) is 1. The maximum Gasteiger partial charge on any atom is 0.417 e. The molecule has 0 saturated heterocycles. The van der Waals surface area contributed by atoms with Crippen molar-refractivity contribution in [3.8, 4) is 11.8 Å². The van der Waals surface area contributed by atoms with Crippen LogP contribution in [-0.2, 0) is 17.4 Å². The molecule has 5 rings (SSSR count). The van der Waals surface area contributed by atoms with Gasteiger partial charge in [-0.25, -0.2) is 14.7 Å². The van der Waals surface area contributed by atoms with Crippen molar-refractivity contribution in [3.05, 3.63) is 82.4 Å². The molecule has 1 fully saturated rings. The zero-order valence-electron chi connectivity index (χ0n) is 26.5. The largest absolute Gasteiger partial charge is 0.507 e. The summed E-state index contributed by atoms with van der Waals surface area (Å²) in [5.41, 5.74) is 5.59. The smallest absolute Gasteiger partial charge is 0.417 e. The van der Waals surface area contributed by atoms with Crippen LogP contribution in [0.1, 0.15) is 92.3 Å². The molecule has 0 bridgehead atoms. The Morgan fingerprint density at radius 2 is 1.91 bits per heavy atom. The molecule has 1 saturated carbocycles. The third-order valence-corrected chi connectivity index (χ3v) is 8.37. The van der Waals surface area contributed by atoms with Crippen molar-refractivity contribution in [1.82, 2.24) is 9.66 Å². The number of aromatic nitrogens is 2. The van der Waals surface area contributed by atoms with Crippen LogP contribution in [-0.4, -0.2) is 36.9 Å². The normalized spacial score (nSPS) is 14.8. The van der Waals surface area contributed by atoms with E-state index in [0.717, 1.165) is 61.1 Å². The molecule has 3 aromatic rings. The Kier molecular flexibility index (Phi) is 10.1. The number of aryl methyl sites for hydroxylation is 3. The number of aliphatic imine (C=N–C) groups is 1. The number of rotatable bonds is 7. The molecule has 242 valence electrons. The van der Waals surface area contributed by atoms with Crippen LogP contribution in [0.2, 0.25) is 0 Å². The number of nitriles is 1. The van der Waals surface area contributed by atoms with Crippen LogP contribution in [0.25, 0.3) is 5.70 Å². The van der Waals surface area contributed by atoms with Crippen molar-refractivity contribution < 1.29 is 23.1 Å². The molecule has 2 aromatic carbocycles. The average Bonchev–Trinajstić information content (AvgIpc) is 3.30. The van der Waals surface area contributed by atoms with Gasteiger partial charge in [-0.05, 0) is 76.8 Å². The van der Waals surface area contributed by atoms with E-state index in [0.29, 0.717) is 34.1 Å². The molecule has 12 heteroatoms. The van der Waals surface area contributed by atoms with E-state index in [1.807, 2.05) is 42.5 Å². The van der Waals surface area contributed by atoms with E-state index >= 15 is 0 Å². The number of carbonyl (C=O) groups is 1. The van der Waals surface area contributed by atoms with Crippen LogP contribution < -0.4 is 10.3 Å². The number of carbonyl (C=O) groups excluding carboxylic acids is 1. The molecule has 2 N–H and O–H groups in total. The van der Waals surface area contributed by atoms with Gasteiger partial charge in [0.1, 0.15) is 22.8 Å². The molecule has 1 aromatic heterocycles. The van der Waals surface area contributed by atoms with Crippen molar-refractivity contribution in [3.63, 3.8) is 0 Å². The van der Waals surface area contributed by atoms with E-state index in [-0.39, 0.29) is 17.1 Å². The first-order valence-corrected chi connectivity index (χ1v) is 15.5. The van der Waals surface area contributed by atoms with Crippen molar-refractivity contribution >= 4 is 40.2 Å². The molecule has 8 nitrogen and oxygen atoms in total. The Bertz CT molecular complexity index is 1770. The summed E-state index contributed by atoms with van der Waals surface area (Å²) >= 11 is 5.61. The fourth-order valence-corrected chi connectivity index (χ4v) is 6.20. The second-order valence-electron chi connectivity index (χ2n) is 11.4. The summed E-state index contributed by atoms with van der Waals surface area (Å²) in [5, 5.41) is 19.2. The van der Waals surface area contributed by atoms with Gasteiger partial charge in [0.25, 0.3) is 0 Å². The van der Waals surface area contributed by atoms with Crippen LogP contribution in [0.15, 0.2) is 48.0 Å². The van der Waals surface area contributed by atoms with Gasteiger partial charge < -0.3 is 10.0 Å². The standard InChI is InChI=1S/C25H31N5O2S.C9H6F3N/c1-6-9-22-26-15(3)23-16(4)27-24(28-30(22)23)19-14-18(10-11-20(19)31)29(17(5)33)25(12-8-13-25)21(32)7-2;1-6-2-3-7(5-13)8(4-6)9(10,11)12/h10-11,14,31H,4,6-9,12-13H2,1-3,5H3,(H,27,28);2-4H,1H3. The molecule has 0 atom stereocenters. The first-order valence-electron chi connectivity index (χ1n) is 15.1. The number of hydrogen-bond donors (Lipinski definition) is 2. The number of imidazole rings is 1. The van der Waals surface area contributed by atoms with Gasteiger partial charge >= 0.3 is 6.18 Å². The lowest BCUT2D eigenvalue weighted by molar-refractivity contribution is -0.137. The number of anilines is 1. The number of phenolic OH excluding ortho intramolecular Hbond substituents is 1. The molecular weight excluding hydrogens is 613 g/mol. The zero-order valence-corrected chi connectivity index (χ0v) is 27.4. The number of halogens is 3. The topological polar surface area (TPSA) is 107 Å². The number of benzene rings is 2. The Morgan fingerprint density at radius 1 is 1.22 bits per heavy atom. The second-order valence-corrected chi connectivity index (χ2v) is 12.0. The van der Waals surface area contributed by atoms with Crippen molar-refractivity contribution in [2.24, 2.45) is 4.99 Å². The number of nitrogens with one attached hydrogen (secondary N) is 1. The van der Waals surface area contributed by atoms with E-state index in [1.54, 1.807) is 13.0 Å². The number of nitrogens with zero attached hydrogens (tertiary/aromatic N) is 5. The number of hydrogen-bond acceptors (Lipinski definition) is 7. The second kappa shape index (κ2) is 13.5. The number of thiocarbonyl (C=S) groups is 1. The van der Waals surface area contributed by atoms with Gasteiger partial charge in [-0.1, -0.05) is 44.3 Å². The minimum absolute atomic E-state index is 0.0848. The van der Waals surface area contributed by atoms with Gasteiger partial charge in [-0.2, -0.15) is 18.4 Å². The number of amidine groups is 1. The first-order chi connectivity index (χ1) is 21.7. The SMILES string of the molecule is C=C1N=C(c2cc(N(C(C)=S)C3(C(=O)CC)CCC3)ccc2O)Nn2c(CCC)nc(C)c21.Cc1ccc(C#N)c(C(F)(F)F)c1. The molecule has 2 heterocycles. The van der Waals surface area contributed by atoms with Gasteiger partial charge in [0.2, 0.25) is 0 Å². The summed E-state index contributed by atoms with van der Waals surface area (Å²) in [4.78, 5) is 24.9. The number of ketones is 1. The minimum Gasteiger partial charge on any atom is -0.507 e. The first kappa shape index (κ1) is 34.4. The molecule has 46 heavy (non-hydrogen) atoms. The van der Waals surface area contributed by atoms with Gasteiger partial charge in [0.15, 0.2) is 11.6 Å². The predicted octanol–water partition coefficient (Wildman–Crippen LogP) is 7.77. The molecule has 2 aliphatic rings. The Balaban J connectivity index is 0.000000310. The maximum atomic E-state index is 13.0. The van der Waals surface area contributed by atoms with E-state index in [2.05, 4.69) is 28.9 Å². The van der Waals surface area contributed by atoms with Gasteiger partial charge in [0, 0.05) is 18.5 Å². The summed E-state index contributed by atoms with van der Waals surface area (Å²) < 4.78 is 38.7. The third-order valence-electron chi connectivity index (χ3n) is 8.19. The molecular formula is C34H37F3N6O2S. The van der Waals surface area contributed by atoms with Crippen molar-refractivity contribution in [2.45, 2.75) is 84.9 Å². The number of aromatic hydroxyl groups is 1.